The van der Waals surface area contributed by atoms with Crippen LogP contribution in [0.1, 0.15) is 26.7 Å². The van der Waals surface area contributed by atoms with Gasteiger partial charge < -0.3 is 10.1 Å². The van der Waals surface area contributed by atoms with Crippen LogP contribution < -0.4 is 5.32 Å². The van der Waals surface area contributed by atoms with E-state index < -0.39 is 9.84 Å². The fourth-order valence-corrected chi connectivity index (χ4v) is 3.68. The van der Waals surface area contributed by atoms with E-state index in [1.807, 2.05) is 13.8 Å². The fourth-order valence-electron chi connectivity index (χ4n) is 1.57. The Kier molecular flexibility index (Phi) is 4.98. The fraction of sp³-hybridized carbons (Fsp3) is 0.900. The minimum absolute atomic E-state index is 0.104. The molecule has 1 fully saturated rings. The van der Waals surface area contributed by atoms with Gasteiger partial charge in [-0.1, -0.05) is 6.92 Å². The molecule has 94 valence electrons. The van der Waals surface area contributed by atoms with Crippen LogP contribution in [0.5, 0.6) is 0 Å². The lowest BCUT2D eigenvalue weighted by Gasteiger charge is -2.16. The molecule has 0 aromatic carbocycles. The van der Waals surface area contributed by atoms with Gasteiger partial charge in [0.15, 0.2) is 9.84 Å². The quantitative estimate of drug-likeness (QED) is 0.772. The summed E-state index contributed by atoms with van der Waals surface area (Å²) in [6, 6.07) is 0. The summed E-state index contributed by atoms with van der Waals surface area (Å²) in [5, 5.41) is 3.35. The summed E-state index contributed by atoms with van der Waals surface area (Å²) < 4.78 is 27.8. The average molecular weight is 265 g/mol. The van der Waals surface area contributed by atoms with Crippen LogP contribution in [0.25, 0.3) is 0 Å². The van der Waals surface area contributed by atoms with E-state index in [1.165, 1.54) is 0 Å². The highest BCUT2D eigenvalue weighted by Gasteiger charge is 2.27. The lowest BCUT2D eigenvalue weighted by molar-refractivity contribution is 0.199. The third kappa shape index (κ3) is 4.65. The number of hydrogen-bond donors (Lipinski definition) is 1. The second-order valence-electron chi connectivity index (χ2n) is 4.27. The van der Waals surface area contributed by atoms with Crippen molar-refractivity contribution in [3.63, 3.8) is 0 Å². The molecule has 0 aliphatic carbocycles. The molecule has 1 heterocycles. The maximum Gasteiger partial charge on any atom is 0.256 e. The molecule has 1 aliphatic heterocycles. The van der Waals surface area contributed by atoms with E-state index in [0.717, 1.165) is 12.8 Å². The van der Waals surface area contributed by atoms with E-state index in [0.29, 0.717) is 17.5 Å². The average Bonchev–Trinajstić information content (AvgIpc) is 2.55. The van der Waals surface area contributed by atoms with E-state index in [4.69, 9.17) is 17.0 Å². The van der Waals surface area contributed by atoms with Crippen molar-refractivity contribution in [3.8, 4) is 0 Å². The van der Waals surface area contributed by atoms with Gasteiger partial charge in [0.25, 0.3) is 5.17 Å². The summed E-state index contributed by atoms with van der Waals surface area (Å²) in [6.07, 6.45) is 1.73. The molecular formula is C10H19NO3S2. The van der Waals surface area contributed by atoms with Crippen molar-refractivity contribution >= 4 is 27.2 Å². The SMILES string of the molecule is CC[C@@H](C)OC(=S)NC[C@H]1CCS(=O)(=O)C1. The number of hydrogen-bond acceptors (Lipinski definition) is 4. The Bertz CT molecular complexity index is 340. The van der Waals surface area contributed by atoms with Gasteiger partial charge in [0, 0.05) is 6.54 Å². The third-order valence-corrected chi connectivity index (χ3v) is 4.82. The van der Waals surface area contributed by atoms with E-state index in [-0.39, 0.29) is 17.8 Å². The smallest absolute Gasteiger partial charge is 0.256 e. The van der Waals surface area contributed by atoms with Crippen LogP contribution in [-0.2, 0) is 14.6 Å². The summed E-state index contributed by atoms with van der Waals surface area (Å²) >= 11 is 5.01. The van der Waals surface area contributed by atoms with Crippen LogP contribution in [0.3, 0.4) is 0 Å². The molecule has 0 radical (unpaired) electrons. The van der Waals surface area contributed by atoms with Crippen molar-refractivity contribution in [2.45, 2.75) is 32.8 Å². The summed E-state index contributed by atoms with van der Waals surface area (Å²) in [4.78, 5) is 0. The first-order valence-corrected chi connectivity index (χ1v) is 7.81. The largest absolute Gasteiger partial charge is 0.468 e. The van der Waals surface area contributed by atoms with Crippen LogP contribution in [0.4, 0.5) is 0 Å². The second kappa shape index (κ2) is 5.82. The molecule has 0 aromatic heterocycles. The van der Waals surface area contributed by atoms with Gasteiger partial charge in [-0.2, -0.15) is 0 Å². The molecule has 2 atom stereocenters. The first-order chi connectivity index (χ1) is 7.43. The number of thiocarbonyl (C=S) groups is 1. The van der Waals surface area contributed by atoms with Crippen molar-refractivity contribution in [1.82, 2.24) is 5.32 Å². The van der Waals surface area contributed by atoms with Gasteiger partial charge >= 0.3 is 0 Å². The molecule has 0 unspecified atom stereocenters. The minimum Gasteiger partial charge on any atom is -0.468 e. The molecule has 0 bridgehead atoms. The highest BCUT2D eigenvalue weighted by Crippen LogP contribution is 2.17. The Morgan fingerprint density at radius 3 is 2.81 bits per heavy atom. The Morgan fingerprint density at radius 2 is 2.31 bits per heavy atom. The molecule has 0 amide bonds. The zero-order chi connectivity index (χ0) is 12.2. The van der Waals surface area contributed by atoms with Gasteiger partial charge in [-0.25, -0.2) is 8.42 Å². The molecule has 0 spiro atoms. The summed E-state index contributed by atoms with van der Waals surface area (Å²) in [5.41, 5.74) is 0. The Hall–Kier alpha value is -0.360. The first-order valence-electron chi connectivity index (χ1n) is 5.58. The maximum atomic E-state index is 11.2. The predicted molar refractivity (Wildman–Crippen MR) is 68.2 cm³/mol. The Balaban J connectivity index is 2.23. The van der Waals surface area contributed by atoms with Crippen LogP contribution in [-0.4, -0.2) is 37.7 Å². The van der Waals surface area contributed by atoms with Crippen LogP contribution in [0, 0.1) is 5.92 Å². The van der Waals surface area contributed by atoms with Gasteiger partial charge in [-0.05, 0) is 37.9 Å². The highest BCUT2D eigenvalue weighted by atomic mass is 32.2. The monoisotopic (exact) mass is 265 g/mol. The third-order valence-electron chi connectivity index (χ3n) is 2.74. The zero-order valence-corrected chi connectivity index (χ0v) is 11.4. The molecular weight excluding hydrogens is 246 g/mol. The van der Waals surface area contributed by atoms with Crippen LogP contribution >= 0.6 is 12.2 Å². The van der Waals surface area contributed by atoms with Gasteiger partial charge in [-0.3, -0.25) is 0 Å². The van der Waals surface area contributed by atoms with E-state index in [2.05, 4.69) is 5.32 Å². The van der Waals surface area contributed by atoms with Gasteiger partial charge in [0.2, 0.25) is 0 Å². The van der Waals surface area contributed by atoms with Crippen molar-refractivity contribution in [2.75, 3.05) is 18.1 Å². The molecule has 1 aliphatic rings. The van der Waals surface area contributed by atoms with Crippen LogP contribution in [0.15, 0.2) is 0 Å². The normalized spacial score (nSPS) is 25.0. The van der Waals surface area contributed by atoms with E-state index in [1.54, 1.807) is 0 Å². The second-order valence-corrected chi connectivity index (χ2v) is 6.87. The molecule has 1 saturated heterocycles. The number of sulfone groups is 1. The molecule has 1 N–H and O–H groups in total. The molecule has 0 saturated carbocycles. The predicted octanol–water partition coefficient (Wildman–Crippen LogP) is 1.11. The first kappa shape index (κ1) is 13.7. The lowest BCUT2D eigenvalue weighted by Crippen LogP contribution is -2.32. The number of rotatable bonds is 4. The summed E-state index contributed by atoms with van der Waals surface area (Å²) in [5.74, 6) is 0.744. The van der Waals surface area contributed by atoms with Gasteiger partial charge in [0.1, 0.15) is 0 Å². The van der Waals surface area contributed by atoms with Crippen molar-refractivity contribution in [2.24, 2.45) is 5.92 Å². The Morgan fingerprint density at radius 1 is 1.62 bits per heavy atom. The number of nitrogens with one attached hydrogen (secondary N) is 1. The maximum absolute atomic E-state index is 11.2. The summed E-state index contributed by atoms with van der Waals surface area (Å²) in [7, 11) is -2.80. The topological polar surface area (TPSA) is 55.4 Å². The number of ether oxygens (including phenoxy) is 1. The van der Waals surface area contributed by atoms with Crippen molar-refractivity contribution < 1.29 is 13.2 Å². The van der Waals surface area contributed by atoms with E-state index >= 15 is 0 Å². The molecule has 1 rings (SSSR count). The standard InChI is InChI=1S/C10H19NO3S2/c1-3-8(2)14-10(15)11-6-9-4-5-16(12,13)7-9/h8-9H,3-7H2,1-2H3,(H,11,15)/t8-,9-/m1/s1. The minimum atomic E-state index is -2.80. The van der Waals surface area contributed by atoms with Gasteiger partial charge in [-0.15, -0.1) is 0 Å². The molecule has 4 nitrogen and oxygen atoms in total. The zero-order valence-electron chi connectivity index (χ0n) is 9.73. The van der Waals surface area contributed by atoms with Crippen molar-refractivity contribution in [1.29, 1.82) is 0 Å². The van der Waals surface area contributed by atoms with Crippen LogP contribution in [0.2, 0.25) is 0 Å². The molecule has 16 heavy (non-hydrogen) atoms. The molecule has 6 heteroatoms. The van der Waals surface area contributed by atoms with Gasteiger partial charge in [0.05, 0.1) is 17.6 Å². The van der Waals surface area contributed by atoms with Crippen molar-refractivity contribution in [3.05, 3.63) is 0 Å². The highest BCUT2D eigenvalue weighted by molar-refractivity contribution is 7.91. The van der Waals surface area contributed by atoms with E-state index in [9.17, 15) is 8.42 Å². The molecule has 0 aromatic rings. The Labute approximate surface area is 103 Å². The lowest BCUT2D eigenvalue weighted by atomic mass is 10.1. The summed E-state index contributed by atoms with van der Waals surface area (Å²) in [6.45, 7) is 4.57.